The summed E-state index contributed by atoms with van der Waals surface area (Å²) in [4.78, 5) is 23.5. The van der Waals surface area contributed by atoms with E-state index in [4.69, 9.17) is 0 Å². The van der Waals surface area contributed by atoms with Crippen LogP contribution in [0.15, 0.2) is 30.3 Å². The Morgan fingerprint density at radius 1 is 1.26 bits per heavy atom. The predicted molar refractivity (Wildman–Crippen MR) is 87.4 cm³/mol. The molecular formula is C16H22N2O4S. The summed E-state index contributed by atoms with van der Waals surface area (Å²) in [7, 11) is -2.93. The molecule has 23 heavy (non-hydrogen) atoms. The number of carbonyl (C=O) groups excluding carboxylic acids is 2. The van der Waals surface area contributed by atoms with Crippen molar-refractivity contribution in [3.8, 4) is 0 Å². The maximum Gasteiger partial charge on any atom is 0.222 e. The lowest BCUT2D eigenvalue weighted by molar-refractivity contribution is -0.122. The third-order valence-electron chi connectivity index (χ3n) is 3.88. The fraction of sp³-hybridized carbons (Fsp3) is 0.500. The topological polar surface area (TPSA) is 92.3 Å². The van der Waals surface area contributed by atoms with Crippen molar-refractivity contribution in [2.75, 3.05) is 18.1 Å². The molecule has 0 bridgehead atoms. The molecule has 2 N–H and O–H groups in total. The van der Waals surface area contributed by atoms with Crippen molar-refractivity contribution in [2.24, 2.45) is 5.92 Å². The van der Waals surface area contributed by atoms with Crippen molar-refractivity contribution >= 4 is 21.7 Å². The first-order valence-corrected chi connectivity index (χ1v) is 9.47. The smallest absolute Gasteiger partial charge is 0.222 e. The first kappa shape index (κ1) is 17.5. The predicted octanol–water partition coefficient (Wildman–Crippen LogP) is 0.805. The maximum atomic E-state index is 12.1. The van der Waals surface area contributed by atoms with Gasteiger partial charge in [-0.25, -0.2) is 8.42 Å². The molecule has 0 radical (unpaired) electrons. The van der Waals surface area contributed by atoms with Crippen LogP contribution in [0.4, 0.5) is 0 Å². The van der Waals surface area contributed by atoms with E-state index < -0.39 is 9.84 Å². The van der Waals surface area contributed by atoms with Crippen LogP contribution < -0.4 is 10.6 Å². The van der Waals surface area contributed by atoms with E-state index in [2.05, 4.69) is 10.6 Å². The van der Waals surface area contributed by atoms with Gasteiger partial charge in [-0.3, -0.25) is 9.59 Å². The first-order chi connectivity index (χ1) is 10.9. The summed E-state index contributed by atoms with van der Waals surface area (Å²) >= 11 is 0. The van der Waals surface area contributed by atoms with E-state index in [-0.39, 0.29) is 41.7 Å². The zero-order valence-corrected chi connectivity index (χ0v) is 13.9. The number of hydrogen-bond donors (Lipinski definition) is 2. The fourth-order valence-electron chi connectivity index (χ4n) is 2.73. The van der Waals surface area contributed by atoms with Gasteiger partial charge < -0.3 is 10.6 Å². The third-order valence-corrected chi connectivity index (χ3v) is 5.72. The highest BCUT2D eigenvalue weighted by Gasteiger charge is 2.28. The van der Waals surface area contributed by atoms with Gasteiger partial charge in [-0.05, 0) is 17.9 Å². The number of hydrogen-bond acceptors (Lipinski definition) is 4. The minimum absolute atomic E-state index is 0.0140. The van der Waals surface area contributed by atoms with Gasteiger partial charge in [0.1, 0.15) is 0 Å². The van der Waals surface area contributed by atoms with Gasteiger partial charge in [-0.15, -0.1) is 0 Å². The molecule has 1 fully saturated rings. The normalized spacial score (nSPS) is 20.7. The minimum atomic E-state index is -2.93. The van der Waals surface area contributed by atoms with Crippen LogP contribution in [0.25, 0.3) is 0 Å². The molecular weight excluding hydrogens is 316 g/mol. The molecule has 0 saturated carbocycles. The van der Waals surface area contributed by atoms with Crippen LogP contribution in [0, 0.1) is 5.92 Å². The van der Waals surface area contributed by atoms with Crippen LogP contribution in [0.3, 0.4) is 0 Å². The Bertz CT molecular complexity index is 658. The summed E-state index contributed by atoms with van der Waals surface area (Å²) in [5.41, 5.74) is 0.862. The molecule has 2 atom stereocenters. The van der Waals surface area contributed by atoms with E-state index in [1.165, 1.54) is 6.92 Å². The Labute approximate surface area is 136 Å². The van der Waals surface area contributed by atoms with Crippen LogP contribution in [-0.2, 0) is 19.4 Å². The first-order valence-electron chi connectivity index (χ1n) is 7.65. The number of nitrogens with one attached hydrogen (secondary N) is 2. The lowest BCUT2D eigenvalue weighted by Gasteiger charge is -2.18. The van der Waals surface area contributed by atoms with E-state index in [9.17, 15) is 18.0 Å². The van der Waals surface area contributed by atoms with Crippen molar-refractivity contribution in [3.05, 3.63) is 35.9 Å². The summed E-state index contributed by atoms with van der Waals surface area (Å²) in [6.07, 6.45) is 0.722. The summed E-state index contributed by atoms with van der Waals surface area (Å²) < 4.78 is 22.8. The SMILES string of the molecule is CC(=O)N[C@H](CC(=O)NC[C@H]1CCS(=O)(=O)C1)c1ccccc1. The number of amides is 2. The zero-order chi connectivity index (χ0) is 16.9. The second-order valence-corrected chi connectivity index (χ2v) is 8.17. The molecule has 1 aromatic rings. The maximum absolute atomic E-state index is 12.1. The Hall–Kier alpha value is -1.89. The molecule has 0 spiro atoms. The highest BCUT2D eigenvalue weighted by atomic mass is 32.2. The van der Waals surface area contributed by atoms with E-state index >= 15 is 0 Å². The van der Waals surface area contributed by atoms with Gasteiger partial charge in [0.15, 0.2) is 9.84 Å². The van der Waals surface area contributed by atoms with Crippen molar-refractivity contribution in [1.29, 1.82) is 0 Å². The number of benzene rings is 1. The molecule has 6 nitrogen and oxygen atoms in total. The van der Waals surface area contributed by atoms with Gasteiger partial charge in [0.05, 0.1) is 24.0 Å². The van der Waals surface area contributed by atoms with Crippen molar-refractivity contribution in [3.63, 3.8) is 0 Å². The number of sulfone groups is 1. The zero-order valence-electron chi connectivity index (χ0n) is 13.1. The number of carbonyl (C=O) groups is 2. The van der Waals surface area contributed by atoms with E-state index in [0.717, 1.165) is 5.56 Å². The molecule has 1 aromatic carbocycles. The van der Waals surface area contributed by atoms with Crippen molar-refractivity contribution in [1.82, 2.24) is 10.6 Å². The Kier molecular flexibility index (Phi) is 5.76. The molecule has 2 amide bonds. The second kappa shape index (κ2) is 7.59. The molecule has 0 aliphatic carbocycles. The highest BCUT2D eigenvalue weighted by Crippen LogP contribution is 2.19. The van der Waals surface area contributed by atoms with Crippen LogP contribution in [0.1, 0.15) is 31.4 Å². The van der Waals surface area contributed by atoms with Crippen molar-refractivity contribution < 1.29 is 18.0 Å². The lowest BCUT2D eigenvalue weighted by Crippen LogP contribution is -2.35. The molecule has 1 aliphatic rings. The summed E-state index contributed by atoms with van der Waals surface area (Å²) in [6.45, 7) is 1.77. The van der Waals surface area contributed by atoms with Crippen LogP contribution >= 0.6 is 0 Å². The summed E-state index contributed by atoms with van der Waals surface area (Å²) in [6, 6.07) is 8.90. The lowest BCUT2D eigenvalue weighted by atomic mass is 10.0. The molecule has 7 heteroatoms. The van der Waals surface area contributed by atoms with Gasteiger partial charge in [0.2, 0.25) is 11.8 Å². The van der Waals surface area contributed by atoms with Gasteiger partial charge in [-0.1, -0.05) is 30.3 Å². The van der Waals surface area contributed by atoms with Gasteiger partial charge in [0, 0.05) is 13.5 Å². The number of rotatable bonds is 6. The average Bonchev–Trinajstić information content (AvgIpc) is 2.84. The summed E-state index contributed by atoms with van der Waals surface area (Å²) in [5, 5.41) is 5.55. The molecule has 0 unspecified atom stereocenters. The van der Waals surface area contributed by atoms with Crippen LogP contribution in [0.2, 0.25) is 0 Å². The minimum Gasteiger partial charge on any atom is -0.356 e. The largest absolute Gasteiger partial charge is 0.356 e. The standard InChI is InChI=1S/C16H22N2O4S/c1-12(19)18-15(14-5-3-2-4-6-14)9-16(20)17-10-13-7-8-23(21,22)11-13/h2-6,13,15H,7-11H2,1H3,(H,17,20)(H,18,19)/t13-,15-/m1/s1. The van der Waals surface area contributed by atoms with Gasteiger partial charge in [-0.2, -0.15) is 0 Å². The van der Waals surface area contributed by atoms with Gasteiger partial charge in [0.25, 0.3) is 0 Å². The molecule has 0 aromatic heterocycles. The Morgan fingerprint density at radius 3 is 2.52 bits per heavy atom. The Morgan fingerprint density at radius 2 is 1.96 bits per heavy atom. The van der Waals surface area contributed by atoms with E-state index in [0.29, 0.717) is 13.0 Å². The average molecular weight is 338 g/mol. The quantitative estimate of drug-likeness (QED) is 0.803. The van der Waals surface area contributed by atoms with E-state index in [1.54, 1.807) is 0 Å². The second-order valence-electron chi connectivity index (χ2n) is 5.94. The Balaban J connectivity index is 1.89. The monoisotopic (exact) mass is 338 g/mol. The van der Waals surface area contributed by atoms with Gasteiger partial charge >= 0.3 is 0 Å². The van der Waals surface area contributed by atoms with E-state index in [1.807, 2.05) is 30.3 Å². The van der Waals surface area contributed by atoms with Crippen LogP contribution in [-0.4, -0.2) is 38.3 Å². The van der Waals surface area contributed by atoms with Crippen LogP contribution in [0.5, 0.6) is 0 Å². The fourth-order valence-corrected chi connectivity index (χ4v) is 4.59. The molecule has 1 heterocycles. The molecule has 2 rings (SSSR count). The molecule has 1 saturated heterocycles. The highest BCUT2D eigenvalue weighted by molar-refractivity contribution is 7.91. The molecule has 126 valence electrons. The van der Waals surface area contributed by atoms with Crippen molar-refractivity contribution in [2.45, 2.75) is 25.8 Å². The molecule has 1 aliphatic heterocycles. The summed E-state index contributed by atoms with van der Waals surface area (Å²) in [5.74, 6) is -0.0713. The third kappa shape index (κ3) is 5.67.